The third-order valence-corrected chi connectivity index (χ3v) is 5.12. The maximum Gasteiger partial charge on any atom is 0.132 e. The quantitative estimate of drug-likeness (QED) is 0.596. The van der Waals surface area contributed by atoms with Crippen molar-refractivity contribution in [1.29, 1.82) is 0 Å². The topological polar surface area (TPSA) is 25.2 Å². The van der Waals surface area contributed by atoms with Crippen molar-refractivity contribution in [2.24, 2.45) is 4.99 Å². The molecule has 2 nitrogen and oxygen atoms in total. The lowest BCUT2D eigenvalue weighted by Gasteiger charge is -2.35. The Labute approximate surface area is 145 Å². The van der Waals surface area contributed by atoms with Crippen molar-refractivity contribution in [2.75, 3.05) is 0 Å². The number of nitrogens with zero attached hydrogens (tertiary/aromatic N) is 2. The number of pyridine rings is 1. The summed E-state index contributed by atoms with van der Waals surface area (Å²) in [7, 11) is 0. The van der Waals surface area contributed by atoms with E-state index >= 15 is 0 Å². The van der Waals surface area contributed by atoms with Crippen LogP contribution >= 0.6 is 0 Å². The fourth-order valence-corrected chi connectivity index (χ4v) is 3.43. The van der Waals surface area contributed by atoms with Gasteiger partial charge in [-0.3, -0.25) is 4.99 Å². The van der Waals surface area contributed by atoms with Crippen molar-refractivity contribution in [3.8, 4) is 0 Å². The highest BCUT2D eigenvalue weighted by molar-refractivity contribution is 6.14. The molecule has 0 bridgehead atoms. The summed E-state index contributed by atoms with van der Waals surface area (Å²) in [5, 5.41) is 0.467. The van der Waals surface area contributed by atoms with Crippen LogP contribution in [0.3, 0.4) is 0 Å². The Morgan fingerprint density at radius 3 is 2.44 bits per heavy atom. The van der Waals surface area contributed by atoms with Crippen molar-refractivity contribution < 1.29 is 8.78 Å². The molecule has 1 unspecified atom stereocenters. The summed E-state index contributed by atoms with van der Waals surface area (Å²) in [5.74, 6) is -0.579. The molecule has 4 heteroatoms. The summed E-state index contributed by atoms with van der Waals surface area (Å²) < 4.78 is 28.4. The van der Waals surface area contributed by atoms with Crippen molar-refractivity contribution in [1.82, 2.24) is 4.98 Å². The van der Waals surface area contributed by atoms with Crippen LogP contribution in [-0.2, 0) is 0 Å². The van der Waals surface area contributed by atoms with Crippen molar-refractivity contribution in [3.05, 3.63) is 77.0 Å². The lowest BCUT2D eigenvalue weighted by molar-refractivity contribution is 0.417. The third-order valence-electron chi connectivity index (χ3n) is 5.12. The van der Waals surface area contributed by atoms with E-state index in [2.05, 4.69) is 4.98 Å². The molecule has 1 aliphatic rings. The second kappa shape index (κ2) is 5.45. The minimum atomic E-state index is -0.455. The van der Waals surface area contributed by atoms with E-state index in [0.29, 0.717) is 27.9 Å². The third kappa shape index (κ3) is 2.44. The van der Waals surface area contributed by atoms with Gasteiger partial charge in [-0.25, -0.2) is 13.8 Å². The first-order valence-corrected chi connectivity index (χ1v) is 8.33. The molecule has 25 heavy (non-hydrogen) atoms. The van der Waals surface area contributed by atoms with Crippen LogP contribution in [-0.4, -0.2) is 16.2 Å². The molecule has 0 aliphatic carbocycles. The number of hydrogen-bond donors (Lipinski definition) is 0. The van der Waals surface area contributed by atoms with E-state index in [-0.39, 0.29) is 17.6 Å². The highest BCUT2D eigenvalue weighted by Crippen LogP contribution is 2.40. The van der Waals surface area contributed by atoms with Crippen molar-refractivity contribution in [2.45, 2.75) is 32.2 Å². The first-order valence-electron chi connectivity index (χ1n) is 8.33. The SMILES string of the molecule is CC1c2c(F)cccc2C(c2ccc3c(F)cccc3n2)=NC1(C)C. The molecule has 0 amide bonds. The monoisotopic (exact) mass is 336 g/mol. The molecule has 2 aromatic carbocycles. The maximum absolute atomic E-state index is 14.5. The average molecular weight is 336 g/mol. The Kier molecular flexibility index (Phi) is 3.46. The molecule has 3 aromatic rings. The number of rotatable bonds is 1. The van der Waals surface area contributed by atoms with E-state index in [1.807, 2.05) is 26.8 Å². The molecule has 4 rings (SSSR count). The number of aliphatic imine (C=N–C) groups is 1. The highest BCUT2D eigenvalue weighted by Gasteiger charge is 2.36. The van der Waals surface area contributed by atoms with Crippen LogP contribution in [0.2, 0.25) is 0 Å². The summed E-state index contributed by atoms with van der Waals surface area (Å²) in [4.78, 5) is 9.46. The molecular weight excluding hydrogens is 318 g/mol. The average Bonchev–Trinajstić information content (AvgIpc) is 2.58. The number of halogens is 2. The fourth-order valence-electron chi connectivity index (χ4n) is 3.43. The van der Waals surface area contributed by atoms with Crippen molar-refractivity contribution in [3.63, 3.8) is 0 Å². The van der Waals surface area contributed by atoms with Gasteiger partial charge in [0.25, 0.3) is 0 Å². The minimum Gasteiger partial charge on any atom is -0.276 e. The van der Waals surface area contributed by atoms with Gasteiger partial charge in [0.05, 0.1) is 22.5 Å². The van der Waals surface area contributed by atoms with Gasteiger partial charge in [-0.05, 0) is 44.2 Å². The van der Waals surface area contributed by atoms with Crippen LogP contribution < -0.4 is 0 Å². The lowest BCUT2D eigenvalue weighted by Crippen LogP contribution is -2.34. The molecule has 1 atom stereocenters. The number of aromatic nitrogens is 1. The molecule has 0 fully saturated rings. The summed E-state index contributed by atoms with van der Waals surface area (Å²) in [5.41, 5.74) is 2.82. The fraction of sp³-hybridized carbons (Fsp3) is 0.238. The number of hydrogen-bond acceptors (Lipinski definition) is 2. The van der Waals surface area contributed by atoms with Crippen molar-refractivity contribution >= 4 is 16.6 Å². The molecule has 126 valence electrons. The minimum absolute atomic E-state index is 0.0506. The standard InChI is InChI=1S/C21H18F2N2/c1-12-19-14(6-4-8-16(19)23)20(25-21(12,2)3)18-11-10-13-15(22)7-5-9-17(13)24-18/h4-12H,1-3H3. The largest absolute Gasteiger partial charge is 0.276 e. The molecule has 1 aliphatic heterocycles. The van der Waals surface area contributed by atoms with E-state index in [1.165, 1.54) is 12.1 Å². The van der Waals surface area contributed by atoms with Gasteiger partial charge in [-0.15, -0.1) is 0 Å². The lowest BCUT2D eigenvalue weighted by atomic mass is 9.77. The summed E-state index contributed by atoms with van der Waals surface area (Å²) >= 11 is 0. The Balaban J connectivity index is 1.97. The predicted octanol–water partition coefficient (Wildman–Crippen LogP) is 5.25. The highest BCUT2D eigenvalue weighted by atomic mass is 19.1. The molecular formula is C21H18F2N2. The normalized spacial score (nSPS) is 18.8. The van der Waals surface area contributed by atoms with Crippen LogP contribution in [0.25, 0.3) is 10.9 Å². The zero-order chi connectivity index (χ0) is 17.8. The predicted molar refractivity (Wildman–Crippen MR) is 96.2 cm³/mol. The zero-order valence-corrected chi connectivity index (χ0v) is 14.3. The van der Waals surface area contributed by atoms with Gasteiger partial charge in [-0.1, -0.05) is 25.1 Å². The van der Waals surface area contributed by atoms with Crippen LogP contribution in [0.5, 0.6) is 0 Å². The molecule has 0 spiro atoms. The second-order valence-corrected chi connectivity index (χ2v) is 7.04. The Hall–Kier alpha value is -2.62. The van der Waals surface area contributed by atoms with Crippen LogP contribution in [0.15, 0.2) is 53.5 Å². The van der Waals surface area contributed by atoms with Gasteiger partial charge in [0, 0.05) is 22.4 Å². The first-order chi connectivity index (χ1) is 11.9. The number of fused-ring (bicyclic) bond motifs is 2. The first kappa shape index (κ1) is 15.9. The van der Waals surface area contributed by atoms with Crippen LogP contribution in [0, 0.1) is 11.6 Å². The van der Waals surface area contributed by atoms with Gasteiger partial charge in [0.2, 0.25) is 0 Å². The summed E-state index contributed by atoms with van der Waals surface area (Å²) in [6.07, 6.45) is 0. The molecule has 0 N–H and O–H groups in total. The molecule has 2 heterocycles. The van der Waals surface area contributed by atoms with Crippen LogP contribution in [0.4, 0.5) is 8.78 Å². The van der Waals surface area contributed by atoms with E-state index in [0.717, 1.165) is 5.56 Å². The number of benzene rings is 2. The van der Waals surface area contributed by atoms with Gasteiger partial charge in [0.15, 0.2) is 0 Å². The van der Waals surface area contributed by atoms with Gasteiger partial charge >= 0.3 is 0 Å². The zero-order valence-electron chi connectivity index (χ0n) is 14.3. The Morgan fingerprint density at radius 1 is 0.920 bits per heavy atom. The molecule has 0 saturated heterocycles. The molecule has 1 aromatic heterocycles. The van der Waals surface area contributed by atoms with E-state index in [9.17, 15) is 8.78 Å². The maximum atomic E-state index is 14.5. The van der Waals surface area contributed by atoms with E-state index in [4.69, 9.17) is 4.99 Å². The van der Waals surface area contributed by atoms with Gasteiger partial charge in [0.1, 0.15) is 11.6 Å². The Bertz CT molecular complexity index is 1020. The van der Waals surface area contributed by atoms with Gasteiger partial charge < -0.3 is 0 Å². The van der Waals surface area contributed by atoms with Crippen LogP contribution in [0.1, 0.15) is 43.5 Å². The summed E-state index contributed by atoms with van der Waals surface area (Å²) in [6.45, 7) is 5.98. The van der Waals surface area contributed by atoms with Gasteiger partial charge in [-0.2, -0.15) is 0 Å². The van der Waals surface area contributed by atoms with E-state index < -0.39 is 5.54 Å². The summed E-state index contributed by atoms with van der Waals surface area (Å²) in [6, 6.07) is 13.3. The molecule has 0 radical (unpaired) electrons. The molecule has 0 saturated carbocycles. The van der Waals surface area contributed by atoms with E-state index in [1.54, 1.807) is 30.3 Å². The second-order valence-electron chi connectivity index (χ2n) is 7.04. The smallest absolute Gasteiger partial charge is 0.132 e. The Morgan fingerprint density at radius 2 is 1.64 bits per heavy atom.